The van der Waals surface area contributed by atoms with E-state index in [1.807, 2.05) is 11.9 Å². The van der Waals surface area contributed by atoms with Crippen LogP contribution in [0.3, 0.4) is 0 Å². The van der Waals surface area contributed by atoms with E-state index in [0.717, 1.165) is 12.3 Å². The summed E-state index contributed by atoms with van der Waals surface area (Å²) in [5.74, 6) is -2.87. The number of likely N-dealkylation sites (N-methyl/N-ethyl adjacent to an activating group) is 1. The second kappa shape index (κ2) is 7.32. The maximum Gasteiger partial charge on any atom is 0.303 e. The lowest BCUT2D eigenvalue weighted by atomic mass is 10.3. The summed E-state index contributed by atoms with van der Waals surface area (Å²) in [6.07, 6.45) is 1.60. The second-order valence-corrected chi connectivity index (χ2v) is 6.64. The molecule has 0 fully saturated rings. The maximum absolute atomic E-state index is 13.8. The number of hydrogen-bond acceptors (Lipinski definition) is 6. The highest BCUT2D eigenvalue weighted by atomic mass is 35.5. The summed E-state index contributed by atoms with van der Waals surface area (Å²) < 4.78 is 34.1. The van der Waals surface area contributed by atoms with Crippen molar-refractivity contribution in [3.05, 3.63) is 35.0 Å². The number of fused-ring (bicyclic) bond motifs is 1. The van der Waals surface area contributed by atoms with Crippen LogP contribution >= 0.6 is 11.6 Å². The molecule has 0 unspecified atom stereocenters. The van der Waals surface area contributed by atoms with Gasteiger partial charge in [0.25, 0.3) is 0 Å². The van der Waals surface area contributed by atoms with Gasteiger partial charge in [-0.25, -0.2) is 19.6 Å². The number of methoxy groups -OCH3 is 1. The van der Waals surface area contributed by atoms with Gasteiger partial charge in [0.1, 0.15) is 5.15 Å². The molecule has 0 N–H and O–H groups in total. The molecule has 0 atom stereocenters. The van der Waals surface area contributed by atoms with E-state index in [1.165, 1.54) is 4.68 Å². The van der Waals surface area contributed by atoms with E-state index in [4.69, 9.17) is 16.3 Å². The zero-order valence-electron chi connectivity index (χ0n) is 15.4. The van der Waals surface area contributed by atoms with Gasteiger partial charge in [0.05, 0.1) is 17.5 Å². The lowest BCUT2D eigenvalue weighted by Gasteiger charge is -2.15. The van der Waals surface area contributed by atoms with Crippen molar-refractivity contribution < 1.29 is 13.5 Å². The van der Waals surface area contributed by atoms with E-state index in [1.54, 1.807) is 32.4 Å². The SMILES string of the molecule is COCCN(C)c1nn(-c2cc(C)nc(C(C)(F)F)n2)c2cc(Cl)ncc12. The molecule has 0 saturated carbocycles. The molecule has 0 amide bonds. The molecule has 144 valence electrons. The largest absolute Gasteiger partial charge is 0.383 e. The van der Waals surface area contributed by atoms with Crippen LogP contribution in [0, 0.1) is 6.92 Å². The number of halogens is 3. The molecular formula is C17H19ClF2N6O. The fraction of sp³-hybridized carbons (Fsp3) is 0.412. The summed E-state index contributed by atoms with van der Waals surface area (Å²) in [6.45, 7) is 3.49. The molecule has 0 aromatic carbocycles. The third kappa shape index (κ3) is 3.98. The van der Waals surface area contributed by atoms with E-state index < -0.39 is 11.7 Å². The van der Waals surface area contributed by atoms with Crippen LogP contribution in [0.2, 0.25) is 5.15 Å². The summed E-state index contributed by atoms with van der Waals surface area (Å²) in [4.78, 5) is 13.9. The number of alkyl halides is 2. The van der Waals surface area contributed by atoms with Crippen LogP contribution in [0.25, 0.3) is 16.7 Å². The van der Waals surface area contributed by atoms with Gasteiger partial charge < -0.3 is 9.64 Å². The lowest BCUT2D eigenvalue weighted by molar-refractivity contribution is 0.00747. The smallest absolute Gasteiger partial charge is 0.303 e. The fourth-order valence-electron chi connectivity index (χ4n) is 2.62. The Morgan fingerprint density at radius 1 is 1.30 bits per heavy atom. The monoisotopic (exact) mass is 396 g/mol. The summed E-state index contributed by atoms with van der Waals surface area (Å²) in [7, 11) is 3.47. The molecule has 27 heavy (non-hydrogen) atoms. The maximum atomic E-state index is 13.8. The van der Waals surface area contributed by atoms with Crippen molar-refractivity contribution in [3.63, 3.8) is 0 Å². The number of ether oxygens (including phenoxy) is 1. The van der Waals surface area contributed by atoms with E-state index >= 15 is 0 Å². The number of aryl methyl sites for hydroxylation is 1. The van der Waals surface area contributed by atoms with Crippen LogP contribution in [0.5, 0.6) is 0 Å². The van der Waals surface area contributed by atoms with Crippen LogP contribution in [0.15, 0.2) is 18.3 Å². The van der Waals surface area contributed by atoms with Gasteiger partial charge in [-0.1, -0.05) is 11.6 Å². The van der Waals surface area contributed by atoms with Gasteiger partial charge in [0.15, 0.2) is 11.6 Å². The summed E-state index contributed by atoms with van der Waals surface area (Å²) >= 11 is 6.05. The highest BCUT2D eigenvalue weighted by molar-refractivity contribution is 6.30. The van der Waals surface area contributed by atoms with Gasteiger partial charge in [0, 0.05) is 51.6 Å². The second-order valence-electron chi connectivity index (χ2n) is 6.25. The standard InChI is InChI=1S/C17H19ClF2N6O/c1-10-7-14(23-16(22-10)17(2,19)20)26-12-8-13(18)21-9-11(12)15(24-26)25(3)5-6-27-4/h7-9H,5-6H2,1-4H3. The van der Waals surface area contributed by atoms with Crippen molar-refractivity contribution in [1.82, 2.24) is 24.7 Å². The average molecular weight is 397 g/mol. The van der Waals surface area contributed by atoms with Crippen molar-refractivity contribution in [3.8, 4) is 5.82 Å². The zero-order valence-corrected chi connectivity index (χ0v) is 16.1. The minimum absolute atomic E-state index is 0.234. The van der Waals surface area contributed by atoms with E-state index in [9.17, 15) is 8.78 Å². The molecule has 0 aliphatic heterocycles. The normalized spacial score (nSPS) is 12.0. The third-order valence-corrected chi connectivity index (χ3v) is 4.16. The van der Waals surface area contributed by atoms with Crippen LogP contribution in [0.4, 0.5) is 14.6 Å². The Balaban J connectivity index is 2.20. The fourth-order valence-corrected chi connectivity index (χ4v) is 2.77. The molecule has 0 spiro atoms. The highest BCUT2D eigenvalue weighted by Crippen LogP contribution is 2.30. The molecule has 0 saturated heterocycles. The van der Waals surface area contributed by atoms with Crippen LogP contribution in [-0.2, 0) is 10.7 Å². The number of pyridine rings is 1. The molecule has 3 heterocycles. The number of aromatic nitrogens is 5. The van der Waals surface area contributed by atoms with Crippen molar-refractivity contribution in [2.24, 2.45) is 0 Å². The van der Waals surface area contributed by atoms with Gasteiger partial charge in [-0.3, -0.25) is 0 Å². The van der Waals surface area contributed by atoms with Crippen LogP contribution in [-0.4, -0.2) is 52.0 Å². The Morgan fingerprint density at radius 2 is 2.04 bits per heavy atom. The Morgan fingerprint density at radius 3 is 2.70 bits per heavy atom. The van der Waals surface area contributed by atoms with E-state index in [-0.39, 0.29) is 11.0 Å². The zero-order chi connectivity index (χ0) is 19.8. The Labute approximate surface area is 159 Å². The number of hydrogen-bond donors (Lipinski definition) is 0. The third-order valence-electron chi connectivity index (χ3n) is 3.96. The molecule has 7 nitrogen and oxygen atoms in total. The quantitative estimate of drug-likeness (QED) is 0.595. The minimum Gasteiger partial charge on any atom is -0.383 e. The van der Waals surface area contributed by atoms with Crippen molar-refractivity contribution in [2.75, 3.05) is 32.2 Å². The first kappa shape index (κ1) is 19.4. The van der Waals surface area contributed by atoms with E-state index in [0.29, 0.717) is 30.2 Å². The van der Waals surface area contributed by atoms with E-state index in [2.05, 4.69) is 20.1 Å². The number of anilines is 1. The molecule has 3 aromatic heterocycles. The van der Waals surface area contributed by atoms with Gasteiger partial charge in [-0.2, -0.15) is 8.78 Å². The summed E-state index contributed by atoms with van der Waals surface area (Å²) in [5, 5.41) is 5.56. The molecule has 0 bridgehead atoms. The Hall–Kier alpha value is -2.39. The molecule has 10 heteroatoms. The first-order valence-corrected chi connectivity index (χ1v) is 8.57. The van der Waals surface area contributed by atoms with Crippen molar-refractivity contribution >= 4 is 28.3 Å². The van der Waals surface area contributed by atoms with Gasteiger partial charge in [-0.05, 0) is 6.92 Å². The molecule has 0 aliphatic carbocycles. The minimum atomic E-state index is -3.17. The van der Waals surface area contributed by atoms with Gasteiger partial charge in [-0.15, -0.1) is 5.10 Å². The molecule has 3 rings (SSSR count). The molecule has 3 aromatic rings. The Kier molecular flexibility index (Phi) is 5.25. The van der Waals surface area contributed by atoms with Crippen molar-refractivity contribution in [1.29, 1.82) is 0 Å². The summed E-state index contributed by atoms with van der Waals surface area (Å²) in [5.41, 5.74) is 1.02. The Bertz CT molecular complexity index is 972. The van der Waals surface area contributed by atoms with Gasteiger partial charge >= 0.3 is 5.92 Å². The van der Waals surface area contributed by atoms with Gasteiger partial charge in [0.2, 0.25) is 5.82 Å². The highest BCUT2D eigenvalue weighted by Gasteiger charge is 2.29. The molecule has 0 radical (unpaired) electrons. The van der Waals surface area contributed by atoms with Crippen LogP contribution in [0.1, 0.15) is 18.4 Å². The lowest BCUT2D eigenvalue weighted by Crippen LogP contribution is -2.23. The predicted molar refractivity (Wildman–Crippen MR) is 98.9 cm³/mol. The predicted octanol–water partition coefficient (Wildman–Crippen LogP) is 3.37. The van der Waals surface area contributed by atoms with Crippen molar-refractivity contribution in [2.45, 2.75) is 19.8 Å². The molecular weight excluding hydrogens is 378 g/mol. The average Bonchev–Trinajstić information content (AvgIpc) is 2.97. The van der Waals surface area contributed by atoms with Crippen LogP contribution < -0.4 is 4.90 Å². The first-order valence-electron chi connectivity index (χ1n) is 8.19. The first-order chi connectivity index (χ1) is 12.7. The number of nitrogens with zero attached hydrogens (tertiary/aromatic N) is 6. The number of rotatable bonds is 6. The summed E-state index contributed by atoms with van der Waals surface area (Å²) in [6, 6.07) is 3.22. The topological polar surface area (TPSA) is 69.0 Å². The molecule has 0 aliphatic rings.